The second-order valence-corrected chi connectivity index (χ2v) is 5.84. The number of ether oxygens (including phenoxy) is 1. The normalized spacial score (nSPS) is 18.0. The number of amides is 3. The van der Waals surface area contributed by atoms with E-state index in [4.69, 9.17) is 4.74 Å². The highest BCUT2D eigenvalue weighted by atomic mass is 16.6. The van der Waals surface area contributed by atoms with Gasteiger partial charge in [0.05, 0.1) is 17.7 Å². The lowest BCUT2D eigenvalue weighted by atomic mass is 10.1. The SMILES string of the molecule is CCOC(=O)N1CCN(CCN2C(=O)c3ccccc3C2=O)CC1. The molecule has 1 saturated heterocycles. The van der Waals surface area contributed by atoms with E-state index in [1.165, 1.54) is 4.90 Å². The molecule has 7 nitrogen and oxygen atoms in total. The summed E-state index contributed by atoms with van der Waals surface area (Å²) in [6.07, 6.45) is -0.280. The van der Waals surface area contributed by atoms with Crippen LogP contribution in [0.1, 0.15) is 27.6 Å². The Morgan fingerprint density at radius 1 is 1.00 bits per heavy atom. The van der Waals surface area contributed by atoms with Crippen LogP contribution < -0.4 is 0 Å². The Morgan fingerprint density at radius 2 is 1.58 bits per heavy atom. The quantitative estimate of drug-likeness (QED) is 0.772. The molecule has 1 aromatic rings. The number of nitrogens with zero attached hydrogens (tertiary/aromatic N) is 3. The maximum atomic E-state index is 12.3. The molecule has 0 radical (unpaired) electrons. The largest absolute Gasteiger partial charge is 0.450 e. The summed E-state index contributed by atoms with van der Waals surface area (Å²) >= 11 is 0. The maximum Gasteiger partial charge on any atom is 0.409 e. The van der Waals surface area contributed by atoms with Crippen LogP contribution in [0.4, 0.5) is 4.79 Å². The molecule has 1 fully saturated rings. The number of hydrogen-bond acceptors (Lipinski definition) is 5. The van der Waals surface area contributed by atoms with E-state index in [9.17, 15) is 14.4 Å². The lowest BCUT2D eigenvalue weighted by Gasteiger charge is -2.34. The van der Waals surface area contributed by atoms with Crippen molar-refractivity contribution in [1.29, 1.82) is 0 Å². The van der Waals surface area contributed by atoms with Gasteiger partial charge < -0.3 is 9.64 Å². The standard InChI is InChI=1S/C17H21N3O4/c1-2-24-17(23)19-10-7-18(8-11-19)9-12-20-15(21)13-5-3-4-6-14(13)16(20)22/h3-6H,2,7-12H2,1H3. The minimum absolute atomic E-state index is 0.222. The van der Waals surface area contributed by atoms with Crippen molar-refractivity contribution >= 4 is 17.9 Å². The maximum absolute atomic E-state index is 12.3. The molecule has 0 unspecified atom stereocenters. The number of piperazine rings is 1. The minimum Gasteiger partial charge on any atom is -0.450 e. The second kappa shape index (κ2) is 7.00. The molecule has 2 aliphatic heterocycles. The molecule has 2 aliphatic rings. The number of carbonyl (C=O) groups excluding carboxylic acids is 3. The van der Waals surface area contributed by atoms with E-state index < -0.39 is 0 Å². The zero-order valence-corrected chi connectivity index (χ0v) is 13.7. The first-order valence-corrected chi connectivity index (χ1v) is 8.21. The first kappa shape index (κ1) is 16.4. The van der Waals surface area contributed by atoms with Gasteiger partial charge >= 0.3 is 6.09 Å². The predicted molar refractivity (Wildman–Crippen MR) is 86.8 cm³/mol. The van der Waals surface area contributed by atoms with Gasteiger partial charge in [0.25, 0.3) is 11.8 Å². The average molecular weight is 331 g/mol. The van der Waals surface area contributed by atoms with Gasteiger partial charge in [-0.25, -0.2) is 4.79 Å². The Hall–Kier alpha value is -2.41. The molecule has 3 rings (SSSR count). The minimum atomic E-state index is -0.280. The monoisotopic (exact) mass is 331 g/mol. The van der Waals surface area contributed by atoms with Gasteiger partial charge in [0.2, 0.25) is 0 Å². The van der Waals surface area contributed by atoms with Gasteiger partial charge in [-0.3, -0.25) is 19.4 Å². The Bertz CT molecular complexity index is 618. The van der Waals surface area contributed by atoms with Crippen LogP contribution in [0.3, 0.4) is 0 Å². The molecule has 0 bridgehead atoms. The second-order valence-electron chi connectivity index (χ2n) is 5.84. The van der Waals surface area contributed by atoms with Crippen molar-refractivity contribution in [3.05, 3.63) is 35.4 Å². The number of carbonyl (C=O) groups is 3. The van der Waals surface area contributed by atoms with Crippen LogP contribution in [0.5, 0.6) is 0 Å². The molecule has 128 valence electrons. The lowest BCUT2D eigenvalue weighted by Crippen LogP contribution is -2.50. The van der Waals surface area contributed by atoms with Gasteiger partial charge in [0, 0.05) is 39.3 Å². The van der Waals surface area contributed by atoms with Crippen molar-refractivity contribution in [2.45, 2.75) is 6.92 Å². The fourth-order valence-corrected chi connectivity index (χ4v) is 3.05. The summed E-state index contributed by atoms with van der Waals surface area (Å²) in [5.41, 5.74) is 0.962. The highest BCUT2D eigenvalue weighted by molar-refractivity contribution is 6.21. The van der Waals surface area contributed by atoms with Crippen LogP contribution in [0.25, 0.3) is 0 Å². The Kier molecular flexibility index (Phi) is 4.80. The number of imide groups is 1. The Labute approximate surface area is 140 Å². The predicted octanol–water partition coefficient (Wildman–Crippen LogP) is 1.06. The van der Waals surface area contributed by atoms with E-state index in [0.29, 0.717) is 57.0 Å². The van der Waals surface area contributed by atoms with Crippen LogP contribution in [-0.4, -0.2) is 78.5 Å². The summed E-state index contributed by atoms with van der Waals surface area (Å²) < 4.78 is 4.99. The summed E-state index contributed by atoms with van der Waals surface area (Å²) in [7, 11) is 0. The molecule has 3 amide bonds. The molecule has 1 aromatic carbocycles. The zero-order valence-electron chi connectivity index (χ0n) is 13.7. The third-order valence-corrected chi connectivity index (χ3v) is 4.42. The van der Waals surface area contributed by atoms with Gasteiger partial charge in [0.1, 0.15) is 0 Å². The average Bonchev–Trinajstić information content (AvgIpc) is 2.85. The number of rotatable bonds is 4. The summed E-state index contributed by atoms with van der Waals surface area (Å²) in [5.74, 6) is -0.443. The molecule has 24 heavy (non-hydrogen) atoms. The highest BCUT2D eigenvalue weighted by Crippen LogP contribution is 2.22. The fourth-order valence-electron chi connectivity index (χ4n) is 3.05. The topological polar surface area (TPSA) is 70.2 Å². The van der Waals surface area contributed by atoms with Gasteiger partial charge in [-0.1, -0.05) is 12.1 Å². The van der Waals surface area contributed by atoms with E-state index in [1.54, 1.807) is 36.1 Å². The van der Waals surface area contributed by atoms with Crippen LogP contribution in [0.15, 0.2) is 24.3 Å². The molecule has 0 saturated carbocycles. The zero-order chi connectivity index (χ0) is 17.1. The van der Waals surface area contributed by atoms with Crippen molar-refractivity contribution in [3.63, 3.8) is 0 Å². The van der Waals surface area contributed by atoms with E-state index >= 15 is 0 Å². The van der Waals surface area contributed by atoms with E-state index in [-0.39, 0.29) is 17.9 Å². The van der Waals surface area contributed by atoms with Crippen molar-refractivity contribution in [2.24, 2.45) is 0 Å². The third-order valence-electron chi connectivity index (χ3n) is 4.42. The van der Waals surface area contributed by atoms with Crippen LogP contribution in [0, 0.1) is 0 Å². The van der Waals surface area contributed by atoms with E-state index in [1.807, 2.05) is 0 Å². The van der Waals surface area contributed by atoms with Crippen molar-refractivity contribution in [2.75, 3.05) is 45.9 Å². The number of hydrogen-bond donors (Lipinski definition) is 0. The lowest BCUT2D eigenvalue weighted by molar-refractivity contribution is 0.0600. The van der Waals surface area contributed by atoms with Gasteiger partial charge in [-0.2, -0.15) is 0 Å². The summed E-state index contributed by atoms with van der Waals surface area (Å²) in [4.78, 5) is 41.4. The third kappa shape index (κ3) is 3.12. The van der Waals surface area contributed by atoms with Crippen LogP contribution in [-0.2, 0) is 4.74 Å². The van der Waals surface area contributed by atoms with Crippen molar-refractivity contribution in [3.8, 4) is 0 Å². The number of fused-ring (bicyclic) bond motifs is 1. The van der Waals surface area contributed by atoms with Crippen molar-refractivity contribution in [1.82, 2.24) is 14.7 Å². The fraction of sp³-hybridized carbons (Fsp3) is 0.471. The molecule has 7 heteroatoms. The molecule has 0 N–H and O–H groups in total. The summed E-state index contributed by atoms with van der Waals surface area (Å²) in [6.45, 7) is 5.76. The molecule has 0 aromatic heterocycles. The first-order valence-electron chi connectivity index (χ1n) is 8.21. The van der Waals surface area contributed by atoms with E-state index in [0.717, 1.165) is 0 Å². The molecule has 0 atom stereocenters. The molecular formula is C17H21N3O4. The Balaban J connectivity index is 1.51. The van der Waals surface area contributed by atoms with Crippen molar-refractivity contribution < 1.29 is 19.1 Å². The van der Waals surface area contributed by atoms with Crippen LogP contribution >= 0.6 is 0 Å². The van der Waals surface area contributed by atoms with Gasteiger partial charge in [-0.05, 0) is 19.1 Å². The molecule has 0 aliphatic carbocycles. The highest BCUT2D eigenvalue weighted by Gasteiger charge is 2.35. The summed E-state index contributed by atoms with van der Waals surface area (Å²) in [6, 6.07) is 6.91. The van der Waals surface area contributed by atoms with Crippen LogP contribution in [0.2, 0.25) is 0 Å². The Morgan fingerprint density at radius 3 is 2.12 bits per heavy atom. The first-order chi connectivity index (χ1) is 11.6. The summed E-state index contributed by atoms with van der Waals surface area (Å²) in [5, 5.41) is 0. The molecular weight excluding hydrogens is 310 g/mol. The molecule has 0 spiro atoms. The smallest absolute Gasteiger partial charge is 0.409 e. The molecule has 2 heterocycles. The van der Waals surface area contributed by atoms with Gasteiger partial charge in [-0.15, -0.1) is 0 Å². The van der Waals surface area contributed by atoms with E-state index in [2.05, 4.69) is 4.90 Å². The number of benzene rings is 1. The van der Waals surface area contributed by atoms with Gasteiger partial charge in [0.15, 0.2) is 0 Å².